The predicted molar refractivity (Wildman–Crippen MR) is 83.1 cm³/mol. The molecule has 0 radical (unpaired) electrons. The number of rotatable bonds is 10. The molecule has 0 bridgehead atoms. The molecule has 0 fully saturated rings. The lowest BCUT2D eigenvalue weighted by Gasteiger charge is -2.27. The van der Waals surface area contributed by atoms with E-state index in [0.29, 0.717) is 25.6 Å². The van der Waals surface area contributed by atoms with Crippen molar-refractivity contribution in [2.75, 3.05) is 20.3 Å². The van der Waals surface area contributed by atoms with Gasteiger partial charge in [-0.2, -0.15) is 0 Å². The molecule has 0 saturated heterocycles. The molecule has 1 atom stereocenters. The largest absolute Gasteiger partial charge is 0.464 e. The van der Waals surface area contributed by atoms with Crippen LogP contribution in [-0.4, -0.2) is 43.3 Å². The molecule has 0 aliphatic rings. The number of hydrogen-bond donors (Lipinski definition) is 0. The lowest BCUT2D eigenvalue weighted by Crippen LogP contribution is -2.44. The van der Waals surface area contributed by atoms with E-state index in [4.69, 9.17) is 9.47 Å². The zero-order valence-electron chi connectivity index (χ0n) is 14.2. The number of nitrogens with zero attached hydrogens (tertiary/aromatic N) is 1. The van der Waals surface area contributed by atoms with Crippen molar-refractivity contribution < 1.29 is 19.1 Å². The highest BCUT2D eigenvalue weighted by atomic mass is 16.6. The summed E-state index contributed by atoms with van der Waals surface area (Å²) in [6, 6.07) is -0.574. The van der Waals surface area contributed by atoms with Crippen LogP contribution in [0, 0.1) is 5.92 Å². The van der Waals surface area contributed by atoms with E-state index in [1.165, 1.54) is 4.90 Å². The van der Waals surface area contributed by atoms with Gasteiger partial charge in [0.05, 0.1) is 13.2 Å². The Hall–Kier alpha value is -1.26. The maximum atomic E-state index is 12.2. The van der Waals surface area contributed by atoms with E-state index in [2.05, 4.69) is 6.92 Å². The van der Waals surface area contributed by atoms with E-state index < -0.39 is 12.1 Å². The molecule has 0 aromatic heterocycles. The topological polar surface area (TPSA) is 55.8 Å². The van der Waals surface area contributed by atoms with Crippen molar-refractivity contribution in [3.63, 3.8) is 0 Å². The van der Waals surface area contributed by atoms with E-state index in [9.17, 15) is 9.59 Å². The third-order valence-corrected chi connectivity index (χ3v) is 3.23. The number of carbonyl (C=O) groups excluding carboxylic acids is 2. The first-order chi connectivity index (χ1) is 9.93. The summed E-state index contributed by atoms with van der Waals surface area (Å²) < 4.78 is 10.3. The molecule has 5 heteroatoms. The Morgan fingerprint density at radius 3 is 2.24 bits per heavy atom. The average Bonchev–Trinajstić information content (AvgIpc) is 2.43. The molecule has 1 unspecified atom stereocenters. The second-order valence-corrected chi connectivity index (χ2v) is 5.68. The molecule has 0 saturated carbocycles. The maximum Gasteiger partial charge on any atom is 0.410 e. The molecule has 0 aliphatic carbocycles. The van der Waals surface area contributed by atoms with Crippen molar-refractivity contribution in [3.05, 3.63) is 0 Å². The van der Waals surface area contributed by atoms with Crippen LogP contribution < -0.4 is 0 Å². The lowest BCUT2D eigenvalue weighted by atomic mass is 10.0. The van der Waals surface area contributed by atoms with Crippen LogP contribution in [-0.2, 0) is 14.3 Å². The van der Waals surface area contributed by atoms with Gasteiger partial charge in [-0.1, -0.05) is 40.0 Å². The quantitative estimate of drug-likeness (QED) is 0.457. The molecule has 1 amide bonds. The molecule has 5 nitrogen and oxygen atoms in total. The Morgan fingerprint density at radius 2 is 1.71 bits per heavy atom. The van der Waals surface area contributed by atoms with Gasteiger partial charge in [-0.15, -0.1) is 0 Å². The van der Waals surface area contributed by atoms with Crippen LogP contribution in [0.2, 0.25) is 0 Å². The van der Waals surface area contributed by atoms with Crippen LogP contribution in [0.1, 0.15) is 59.8 Å². The SMILES string of the molecule is CCCCCCOC(=O)C(CC(C)C)N(C)C(=O)OCC. The number of carbonyl (C=O) groups is 2. The molecule has 0 N–H and O–H groups in total. The Balaban J connectivity index is 4.44. The molecule has 124 valence electrons. The van der Waals surface area contributed by atoms with Gasteiger partial charge in [-0.25, -0.2) is 9.59 Å². The first kappa shape index (κ1) is 19.7. The molecule has 0 heterocycles. The number of hydrogen-bond acceptors (Lipinski definition) is 4. The molecule has 0 aromatic carbocycles. The molecular formula is C16H31NO4. The number of likely N-dealkylation sites (N-methyl/N-ethyl adjacent to an activating group) is 1. The summed E-state index contributed by atoms with van der Waals surface area (Å²) in [5.74, 6) is -0.0460. The fraction of sp³-hybridized carbons (Fsp3) is 0.875. The van der Waals surface area contributed by atoms with E-state index in [1.807, 2.05) is 13.8 Å². The first-order valence-corrected chi connectivity index (χ1v) is 8.00. The number of unbranched alkanes of at least 4 members (excludes halogenated alkanes) is 3. The van der Waals surface area contributed by atoms with Gasteiger partial charge in [0.25, 0.3) is 0 Å². The van der Waals surface area contributed by atoms with Crippen molar-refractivity contribution in [2.24, 2.45) is 5.92 Å². The van der Waals surface area contributed by atoms with Crippen LogP contribution in [0.5, 0.6) is 0 Å². The minimum Gasteiger partial charge on any atom is -0.464 e. The Morgan fingerprint density at radius 1 is 1.05 bits per heavy atom. The van der Waals surface area contributed by atoms with Gasteiger partial charge in [-0.05, 0) is 25.7 Å². The Labute approximate surface area is 129 Å². The highest BCUT2D eigenvalue weighted by molar-refractivity contribution is 5.81. The summed E-state index contributed by atoms with van der Waals surface area (Å²) in [5, 5.41) is 0. The number of ether oxygens (including phenoxy) is 2. The summed E-state index contributed by atoms with van der Waals surface area (Å²) in [5.41, 5.74) is 0. The Bertz CT molecular complexity index is 305. The van der Waals surface area contributed by atoms with Gasteiger partial charge in [0.15, 0.2) is 0 Å². The highest BCUT2D eigenvalue weighted by Crippen LogP contribution is 2.13. The monoisotopic (exact) mass is 301 g/mol. The van der Waals surface area contributed by atoms with Crippen LogP contribution in [0.4, 0.5) is 4.79 Å². The molecule has 21 heavy (non-hydrogen) atoms. The minimum absolute atomic E-state index is 0.291. The normalized spacial score (nSPS) is 12.1. The summed E-state index contributed by atoms with van der Waals surface area (Å²) in [6.07, 6.45) is 4.32. The highest BCUT2D eigenvalue weighted by Gasteiger charge is 2.29. The third kappa shape index (κ3) is 8.58. The number of amides is 1. The first-order valence-electron chi connectivity index (χ1n) is 8.00. The Kier molecular flexibility index (Phi) is 10.7. The summed E-state index contributed by atoms with van der Waals surface area (Å²) >= 11 is 0. The molecule has 0 rings (SSSR count). The van der Waals surface area contributed by atoms with Gasteiger partial charge >= 0.3 is 12.1 Å². The van der Waals surface area contributed by atoms with E-state index in [0.717, 1.165) is 25.7 Å². The van der Waals surface area contributed by atoms with Gasteiger partial charge in [0.2, 0.25) is 0 Å². The zero-order valence-corrected chi connectivity index (χ0v) is 14.2. The molecule has 0 aromatic rings. The van der Waals surface area contributed by atoms with Crippen LogP contribution in [0.25, 0.3) is 0 Å². The van der Waals surface area contributed by atoms with Gasteiger partial charge in [0, 0.05) is 7.05 Å². The standard InChI is InChI=1S/C16H31NO4/c1-6-8-9-10-11-21-15(18)14(12-13(3)4)17(5)16(19)20-7-2/h13-14H,6-12H2,1-5H3. The van der Waals surface area contributed by atoms with Crippen molar-refractivity contribution >= 4 is 12.1 Å². The van der Waals surface area contributed by atoms with Crippen molar-refractivity contribution in [1.82, 2.24) is 4.90 Å². The fourth-order valence-corrected chi connectivity index (χ4v) is 2.01. The van der Waals surface area contributed by atoms with Crippen LogP contribution >= 0.6 is 0 Å². The zero-order chi connectivity index (χ0) is 16.3. The lowest BCUT2D eigenvalue weighted by molar-refractivity contribution is -0.149. The maximum absolute atomic E-state index is 12.2. The molecule has 0 spiro atoms. The second kappa shape index (κ2) is 11.4. The van der Waals surface area contributed by atoms with E-state index >= 15 is 0 Å². The summed E-state index contributed by atoms with van der Waals surface area (Å²) in [7, 11) is 1.59. The van der Waals surface area contributed by atoms with Gasteiger partial charge < -0.3 is 9.47 Å². The van der Waals surface area contributed by atoms with Crippen molar-refractivity contribution in [2.45, 2.75) is 65.8 Å². The van der Waals surface area contributed by atoms with Crippen LogP contribution in [0.15, 0.2) is 0 Å². The van der Waals surface area contributed by atoms with E-state index in [-0.39, 0.29) is 5.97 Å². The second-order valence-electron chi connectivity index (χ2n) is 5.68. The summed E-state index contributed by atoms with van der Waals surface area (Å²) in [6.45, 7) is 8.63. The van der Waals surface area contributed by atoms with Gasteiger partial charge in [0.1, 0.15) is 6.04 Å². The van der Waals surface area contributed by atoms with Crippen molar-refractivity contribution in [3.8, 4) is 0 Å². The molecular weight excluding hydrogens is 270 g/mol. The van der Waals surface area contributed by atoms with Crippen molar-refractivity contribution in [1.29, 1.82) is 0 Å². The predicted octanol–water partition coefficient (Wildman–Crippen LogP) is 3.61. The minimum atomic E-state index is -0.574. The average molecular weight is 301 g/mol. The fourth-order valence-electron chi connectivity index (χ4n) is 2.01. The van der Waals surface area contributed by atoms with E-state index in [1.54, 1.807) is 14.0 Å². The van der Waals surface area contributed by atoms with Gasteiger partial charge in [-0.3, -0.25) is 4.90 Å². The van der Waals surface area contributed by atoms with Crippen LogP contribution in [0.3, 0.4) is 0 Å². The summed E-state index contributed by atoms with van der Waals surface area (Å²) in [4.78, 5) is 25.3. The number of esters is 1. The molecule has 0 aliphatic heterocycles. The third-order valence-electron chi connectivity index (χ3n) is 3.23. The smallest absolute Gasteiger partial charge is 0.410 e.